The van der Waals surface area contributed by atoms with Gasteiger partial charge in [0.2, 0.25) is 0 Å². The third kappa shape index (κ3) is 3.68. The predicted octanol–water partition coefficient (Wildman–Crippen LogP) is 2.89. The van der Waals surface area contributed by atoms with Gasteiger partial charge in [0.15, 0.2) is 11.5 Å². The van der Waals surface area contributed by atoms with E-state index in [1.54, 1.807) is 18.2 Å². The smallest absolute Gasteiger partial charge is 0.162 e. The van der Waals surface area contributed by atoms with Gasteiger partial charge in [-0.3, -0.25) is 0 Å². The van der Waals surface area contributed by atoms with Crippen LogP contribution < -0.4 is 9.47 Å². The van der Waals surface area contributed by atoms with Crippen molar-refractivity contribution in [3.05, 3.63) is 23.8 Å². The Balaban J connectivity index is 2.69. The zero-order valence-electron chi connectivity index (χ0n) is 10.9. The lowest BCUT2D eigenvalue weighted by molar-refractivity contribution is 0.252. The monoisotopic (exact) mass is 244 g/mol. The van der Waals surface area contributed by atoms with Crippen molar-refractivity contribution in [3.8, 4) is 23.6 Å². The topological polar surface area (TPSA) is 66.0 Å². The summed E-state index contributed by atoms with van der Waals surface area (Å²) in [7, 11) is 1.53. The standard InChI is InChI=1S/C14H16N2O2/c1-14(2,10-16)6-7-18-12-5-4-11(9-15)8-13(12)17-3/h4-5,8H,6-7H2,1-3H3. The number of hydrogen-bond donors (Lipinski definition) is 0. The lowest BCUT2D eigenvalue weighted by atomic mass is 9.92. The molecule has 0 aliphatic carbocycles. The molecule has 0 N–H and O–H groups in total. The van der Waals surface area contributed by atoms with Crippen molar-refractivity contribution in [1.29, 1.82) is 10.5 Å². The molecule has 0 aliphatic heterocycles. The second-order valence-corrected chi connectivity index (χ2v) is 4.57. The third-order valence-corrected chi connectivity index (χ3v) is 2.58. The molecule has 1 aromatic rings. The van der Waals surface area contributed by atoms with Gasteiger partial charge in [0, 0.05) is 6.07 Å². The highest BCUT2D eigenvalue weighted by molar-refractivity contribution is 5.46. The highest BCUT2D eigenvalue weighted by Crippen LogP contribution is 2.29. The van der Waals surface area contributed by atoms with Gasteiger partial charge in [0.1, 0.15) is 0 Å². The maximum atomic E-state index is 8.89. The normalized spacial score (nSPS) is 10.3. The Kier molecular flexibility index (Phi) is 4.57. The van der Waals surface area contributed by atoms with Crippen LogP contribution >= 0.6 is 0 Å². The Morgan fingerprint density at radius 1 is 1.22 bits per heavy atom. The Morgan fingerprint density at radius 3 is 2.50 bits per heavy atom. The summed E-state index contributed by atoms with van der Waals surface area (Å²) in [4.78, 5) is 0. The molecule has 0 amide bonds. The van der Waals surface area contributed by atoms with Crippen molar-refractivity contribution in [1.82, 2.24) is 0 Å². The number of nitriles is 2. The Labute approximate surface area is 107 Å². The van der Waals surface area contributed by atoms with Gasteiger partial charge in [-0.05, 0) is 32.4 Å². The van der Waals surface area contributed by atoms with Gasteiger partial charge < -0.3 is 9.47 Å². The first-order valence-corrected chi connectivity index (χ1v) is 5.64. The molecule has 4 heteroatoms. The largest absolute Gasteiger partial charge is 0.493 e. The molecule has 0 fully saturated rings. The van der Waals surface area contributed by atoms with Crippen LogP contribution in [0.25, 0.3) is 0 Å². The van der Waals surface area contributed by atoms with Gasteiger partial charge in [-0.25, -0.2) is 0 Å². The molecule has 0 aromatic heterocycles. The molecule has 1 rings (SSSR count). The van der Waals surface area contributed by atoms with Crippen molar-refractivity contribution in [2.24, 2.45) is 5.41 Å². The number of rotatable bonds is 5. The molecule has 0 saturated carbocycles. The summed E-state index contributed by atoms with van der Waals surface area (Å²) >= 11 is 0. The molecule has 0 bridgehead atoms. The first kappa shape index (κ1) is 13.9. The molecule has 4 nitrogen and oxygen atoms in total. The van der Waals surface area contributed by atoms with Crippen LogP contribution in [0.5, 0.6) is 11.5 Å². The first-order valence-electron chi connectivity index (χ1n) is 5.64. The number of ether oxygens (including phenoxy) is 2. The molecule has 94 valence electrons. The lowest BCUT2D eigenvalue weighted by Gasteiger charge is -2.16. The van der Waals surface area contributed by atoms with Crippen LogP contribution in [0.15, 0.2) is 18.2 Å². The van der Waals surface area contributed by atoms with Crippen molar-refractivity contribution in [2.75, 3.05) is 13.7 Å². The Bertz CT molecular complexity index is 495. The molecular weight excluding hydrogens is 228 g/mol. The molecule has 0 saturated heterocycles. The highest BCUT2D eigenvalue weighted by atomic mass is 16.5. The number of benzene rings is 1. The third-order valence-electron chi connectivity index (χ3n) is 2.58. The van der Waals surface area contributed by atoms with Crippen LogP contribution in [0.1, 0.15) is 25.8 Å². The van der Waals surface area contributed by atoms with Crippen LogP contribution in [0.2, 0.25) is 0 Å². The zero-order valence-corrected chi connectivity index (χ0v) is 10.9. The minimum atomic E-state index is -0.403. The second-order valence-electron chi connectivity index (χ2n) is 4.57. The fourth-order valence-corrected chi connectivity index (χ4v) is 1.33. The van der Waals surface area contributed by atoms with Crippen LogP contribution in [-0.2, 0) is 0 Å². The van der Waals surface area contributed by atoms with E-state index in [1.807, 2.05) is 19.9 Å². The minimum Gasteiger partial charge on any atom is -0.493 e. The van der Waals surface area contributed by atoms with E-state index in [0.29, 0.717) is 30.1 Å². The van der Waals surface area contributed by atoms with Crippen LogP contribution in [0.4, 0.5) is 0 Å². The van der Waals surface area contributed by atoms with Crippen LogP contribution in [0.3, 0.4) is 0 Å². The summed E-state index contributed by atoms with van der Waals surface area (Å²) in [5, 5.41) is 17.7. The minimum absolute atomic E-state index is 0.403. The summed E-state index contributed by atoms with van der Waals surface area (Å²) in [5.41, 5.74) is 0.122. The summed E-state index contributed by atoms with van der Waals surface area (Å²) in [5.74, 6) is 1.12. The fraction of sp³-hybridized carbons (Fsp3) is 0.429. The van der Waals surface area contributed by atoms with Gasteiger partial charge in [0.25, 0.3) is 0 Å². The molecule has 0 heterocycles. The summed E-state index contributed by atoms with van der Waals surface area (Å²) in [6.45, 7) is 4.17. The molecule has 0 atom stereocenters. The van der Waals surface area contributed by atoms with Gasteiger partial charge >= 0.3 is 0 Å². The summed E-state index contributed by atoms with van der Waals surface area (Å²) in [6.07, 6.45) is 0.632. The molecule has 18 heavy (non-hydrogen) atoms. The highest BCUT2D eigenvalue weighted by Gasteiger charge is 2.17. The lowest BCUT2D eigenvalue weighted by Crippen LogP contribution is -2.13. The summed E-state index contributed by atoms with van der Waals surface area (Å²) in [6, 6.07) is 9.27. The van der Waals surface area contributed by atoms with E-state index >= 15 is 0 Å². The van der Waals surface area contributed by atoms with E-state index in [0.717, 1.165) is 0 Å². The fourth-order valence-electron chi connectivity index (χ4n) is 1.33. The SMILES string of the molecule is COc1cc(C#N)ccc1OCCC(C)(C)C#N. The first-order chi connectivity index (χ1) is 8.52. The molecule has 0 unspecified atom stereocenters. The maximum Gasteiger partial charge on any atom is 0.162 e. The number of nitrogens with zero attached hydrogens (tertiary/aromatic N) is 2. The van der Waals surface area contributed by atoms with E-state index < -0.39 is 5.41 Å². The average Bonchev–Trinajstić information content (AvgIpc) is 2.38. The average molecular weight is 244 g/mol. The maximum absolute atomic E-state index is 8.89. The van der Waals surface area contributed by atoms with E-state index in [2.05, 4.69) is 6.07 Å². The van der Waals surface area contributed by atoms with Gasteiger partial charge in [-0.2, -0.15) is 10.5 Å². The van der Waals surface area contributed by atoms with Gasteiger partial charge in [0.05, 0.1) is 36.8 Å². The van der Waals surface area contributed by atoms with Crippen molar-refractivity contribution >= 4 is 0 Å². The van der Waals surface area contributed by atoms with E-state index in [-0.39, 0.29) is 0 Å². The van der Waals surface area contributed by atoms with Crippen molar-refractivity contribution in [2.45, 2.75) is 20.3 Å². The van der Waals surface area contributed by atoms with E-state index in [9.17, 15) is 0 Å². The summed E-state index contributed by atoms with van der Waals surface area (Å²) < 4.78 is 10.7. The molecule has 1 aromatic carbocycles. The van der Waals surface area contributed by atoms with Crippen LogP contribution in [0, 0.1) is 28.1 Å². The molecule has 0 spiro atoms. The zero-order chi connectivity index (χ0) is 13.6. The van der Waals surface area contributed by atoms with Crippen molar-refractivity contribution in [3.63, 3.8) is 0 Å². The molecule has 0 aliphatic rings. The number of hydrogen-bond acceptors (Lipinski definition) is 4. The Morgan fingerprint density at radius 2 is 1.94 bits per heavy atom. The molecule has 0 radical (unpaired) electrons. The van der Waals surface area contributed by atoms with E-state index in [4.69, 9.17) is 20.0 Å². The Hall–Kier alpha value is -2.20. The second kappa shape index (κ2) is 5.93. The quantitative estimate of drug-likeness (QED) is 0.798. The van der Waals surface area contributed by atoms with Gasteiger partial charge in [-0.1, -0.05) is 0 Å². The number of methoxy groups -OCH3 is 1. The van der Waals surface area contributed by atoms with Crippen molar-refractivity contribution < 1.29 is 9.47 Å². The van der Waals surface area contributed by atoms with Crippen LogP contribution in [-0.4, -0.2) is 13.7 Å². The molecular formula is C14H16N2O2. The van der Waals surface area contributed by atoms with Gasteiger partial charge in [-0.15, -0.1) is 0 Å². The predicted molar refractivity (Wildman–Crippen MR) is 67.2 cm³/mol. The van der Waals surface area contributed by atoms with E-state index in [1.165, 1.54) is 7.11 Å².